The fourth-order valence-corrected chi connectivity index (χ4v) is 4.79. The molecule has 2 aliphatic heterocycles. The minimum atomic E-state index is -0.194. The number of amides is 1. The van der Waals surface area contributed by atoms with E-state index in [1.165, 1.54) is 11.8 Å². The van der Waals surface area contributed by atoms with E-state index in [2.05, 4.69) is 17.0 Å². The minimum Gasteiger partial charge on any atom is -0.343 e. The highest BCUT2D eigenvalue weighted by Crippen LogP contribution is 2.30. The predicted molar refractivity (Wildman–Crippen MR) is 112 cm³/mol. The maximum atomic E-state index is 13.4. The first-order valence-electron chi connectivity index (χ1n) is 10.8. The second-order valence-corrected chi connectivity index (χ2v) is 8.41. The number of halogens is 1. The molecular weight excluding hydrogens is 365 g/mol. The third kappa shape index (κ3) is 5.02. The lowest BCUT2D eigenvalue weighted by Crippen LogP contribution is -2.48. The van der Waals surface area contributed by atoms with E-state index in [0.29, 0.717) is 18.4 Å². The van der Waals surface area contributed by atoms with E-state index in [9.17, 15) is 9.18 Å². The van der Waals surface area contributed by atoms with Gasteiger partial charge in [-0.15, -0.1) is 0 Å². The topological polar surface area (TPSA) is 36.4 Å². The first kappa shape index (κ1) is 20.0. The number of likely N-dealkylation sites (tertiary alicyclic amines) is 2. The highest BCUT2D eigenvalue weighted by molar-refractivity contribution is 5.73. The van der Waals surface area contributed by atoms with Crippen molar-refractivity contribution in [3.63, 3.8) is 0 Å². The van der Waals surface area contributed by atoms with Crippen molar-refractivity contribution in [2.24, 2.45) is 0 Å². The summed E-state index contributed by atoms with van der Waals surface area (Å²) < 4.78 is 13.4. The molecule has 154 valence electrons. The second kappa shape index (κ2) is 9.04. The largest absolute Gasteiger partial charge is 0.343 e. The van der Waals surface area contributed by atoms with E-state index < -0.39 is 0 Å². The summed E-state index contributed by atoms with van der Waals surface area (Å²) in [5, 5.41) is 0. The molecule has 0 aliphatic carbocycles. The van der Waals surface area contributed by atoms with Crippen molar-refractivity contribution in [3.8, 4) is 0 Å². The Bertz CT molecular complexity index is 840. The van der Waals surface area contributed by atoms with E-state index >= 15 is 0 Å². The second-order valence-electron chi connectivity index (χ2n) is 8.41. The van der Waals surface area contributed by atoms with Crippen LogP contribution < -0.4 is 0 Å². The number of benzene rings is 1. The van der Waals surface area contributed by atoms with Gasteiger partial charge in [-0.05, 0) is 68.6 Å². The zero-order valence-corrected chi connectivity index (χ0v) is 17.2. The van der Waals surface area contributed by atoms with Crippen LogP contribution in [-0.4, -0.2) is 52.9 Å². The average Bonchev–Trinajstić information content (AvgIpc) is 2.74. The van der Waals surface area contributed by atoms with Crippen molar-refractivity contribution >= 4 is 5.91 Å². The van der Waals surface area contributed by atoms with E-state index in [1.807, 2.05) is 17.0 Å². The van der Waals surface area contributed by atoms with Crippen LogP contribution in [0.2, 0.25) is 0 Å². The molecule has 0 bridgehead atoms. The van der Waals surface area contributed by atoms with Gasteiger partial charge in [0.05, 0.1) is 0 Å². The molecule has 1 amide bonds. The van der Waals surface area contributed by atoms with Crippen LogP contribution in [0.15, 0.2) is 42.5 Å². The maximum absolute atomic E-state index is 13.4. The molecule has 0 unspecified atom stereocenters. The highest BCUT2D eigenvalue weighted by atomic mass is 19.1. The highest BCUT2D eigenvalue weighted by Gasteiger charge is 2.29. The van der Waals surface area contributed by atoms with Crippen molar-refractivity contribution in [2.45, 2.75) is 51.0 Å². The quantitative estimate of drug-likeness (QED) is 0.785. The molecule has 2 saturated heterocycles. The number of hydrogen-bond donors (Lipinski definition) is 0. The Morgan fingerprint density at radius 2 is 1.76 bits per heavy atom. The van der Waals surface area contributed by atoms with Gasteiger partial charge in [0.25, 0.3) is 0 Å². The Balaban J connectivity index is 1.32. The number of rotatable bonds is 4. The minimum absolute atomic E-state index is 0.194. The smallest absolute Gasteiger partial charge is 0.219 e. The number of carbonyl (C=O) groups excluding carboxylic acids is 1. The van der Waals surface area contributed by atoms with Crippen molar-refractivity contribution in [2.75, 3.05) is 26.2 Å². The first-order valence-corrected chi connectivity index (χ1v) is 10.8. The Morgan fingerprint density at radius 3 is 2.45 bits per heavy atom. The van der Waals surface area contributed by atoms with Gasteiger partial charge in [0, 0.05) is 49.8 Å². The van der Waals surface area contributed by atoms with Crippen LogP contribution in [-0.2, 0) is 11.2 Å². The fraction of sp³-hybridized carbons (Fsp3) is 0.500. The molecule has 1 aromatic carbocycles. The standard InChI is InChI=1S/C24H30FN3O/c1-18(29)27-14-10-23(11-15-27)28-12-8-20(9-13-28)24-7-3-6-22(26-24)17-19-4-2-5-21(25)16-19/h2-7,16,20,23H,8-15,17H2,1H3. The SMILES string of the molecule is CC(=O)N1CCC(N2CCC(c3cccc(Cc4cccc(F)c4)n3)CC2)CC1. The molecule has 2 aliphatic rings. The number of nitrogens with zero attached hydrogens (tertiary/aromatic N) is 3. The monoisotopic (exact) mass is 395 g/mol. The average molecular weight is 396 g/mol. The molecule has 3 heterocycles. The van der Waals surface area contributed by atoms with Gasteiger partial charge >= 0.3 is 0 Å². The molecule has 0 saturated carbocycles. The van der Waals surface area contributed by atoms with Crippen LogP contribution in [0.4, 0.5) is 4.39 Å². The predicted octanol–water partition coefficient (Wildman–Crippen LogP) is 4.00. The van der Waals surface area contributed by atoms with Crippen LogP contribution in [0.3, 0.4) is 0 Å². The van der Waals surface area contributed by atoms with Crippen LogP contribution in [0.25, 0.3) is 0 Å². The number of aromatic nitrogens is 1. The molecule has 5 heteroatoms. The van der Waals surface area contributed by atoms with Crippen LogP contribution in [0, 0.1) is 5.82 Å². The molecule has 4 rings (SSSR count). The van der Waals surface area contributed by atoms with Crippen molar-refractivity contribution in [3.05, 3.63) is 65.2 Å². The van der Waals surface area contributed by atoms with Gasteiger partial charge in [0.15, 0.2) is 0 Å². The molecular formula is C24H30FN3O. The molecule has 0 radical (unpaired) electrons. The van der Waals surface area contributed by atoms with E-state index in [-0.39, 0.29) is 11.7 Å². The molecule has 2 aromatic rings. The van der Waals surface area contributed by atoms with Crippen LogP contribution >= 0.6 is 0 Å². The molecule has 0 atom stereocenters. The number of carbonyl (C=O) groups is 1. The van der Waals surface area contributed by atoms with E-state index in [0.717, 1.165) is 63.1 Å². The lowest BCUT2D eigenvalue weighted by Gasteiger charge is -2.41. The van der Waals surface area contributed by atoms with E-state index in [4.69, 9.17) is 4.98 Å². The summed E-state index contributed by atoms with van der Waals surface area (Å²) in [6.07, 6.45) is 5.10. The van der Waals surface area contributed by atoms with E-state index in [1.54, 1.807) is 19.1 Å². The summed E-state index contributed by atoms with van der Waals surface area (Å²) in [6.45, 7) is 5.66. The molecule has 4 nitrogen and oxygen atoms in total. The Hall–Kier alpha value is -2.27. The summed E-state index contributed by atoms with van der Waals surface area (Å²) >= 11 is 0. The summed E-state index contributed by atoms with van der Waals surface area (Å²) in [7, 11) is 0. The zero-order chi connectivity index (χ0) is 20.2. The van der Waals surface area contributed by atoms with Gasteiger partial charge in [-0.3, -0.25) is 9.78 Å². The first-order chi connectivity index (χ1) is 14.1. The van der Waals surface area contributed by atoms with Crippen molar-refractivity contribution in [1.82, 2.24) is 14.8 Å². The molecule has 0 N–H and O–H groups in total. The van der Waals surface area contributed by atoms with Gasteiger partial charge in [-0.25, -0.2) is 4.39 Å². The molecule has 0 spiro atoms. The van der Waals surface area contributed by atoms with Gasteiger partial charge in [-0.1, -0.05) is 18.2 Å². The fourth-order valence-electron chi connectivity index (χ4n) is 4.79. The van der Waals surface area contributed by atoms with Gasteiger partial charge in [0.1, 0.15) is 5.82 Å². The van der Waals surface area contributed by atoms with Crippen molar-refractivity contribution < 1.29 is 9.18 Å². The lowest BCUT2D eigenvalue weighted by molar-refractivity contribution is -0.130. The summed E-state index contributed by atoms with van der Waals surface area (Å²) in [5.41, 5.74) is 3.14. The normalized spacial score (nSPS) is 19.4. The summed E-state index contributed by atoms with van der Waals surface area (Å²) in [4.78, 5) is 21.0. The summed E-state index contributed by atoms with van der Waals surface area (Å²) in [5.74, 6) is 0.502. The van der Waals surface area contributed by atoms with Gasteiger partial charge < -0.3 is 9.80 Å². The van der Waals surface area contributed by atoms with Crippen LogP contribution in [0.5, 0.6) is 0 Å². The van der Waals surface area contributed by atoms with Gasteiger partial charge in [-0.2, -0.15) is 0 Å². The van der Waals surface area contributed by atoms with Crippen LogP contribution in [0.1, 0.15) is 55.5 Å². The van der Waals surface area contributed by atoms with Gasteiger partial charge in [0.2, 0.25) is 5.91 Å². The zero-order valence-electron chi connectivity index (χ0n) is 17.2. The number of piperidine rings is 2. The lowest BCUT2D eigenvalue weighted by atomic mass is 9.90. The maximum Gasteiger partial charge on any atom is 0.219 e. The van der Waals surface area contributed by atoms with Crippen molar-refractivity contribution in [1.29, 1.82) is 0 Å². The Labute approximate surface area is 172 Å². The molecule has 1 aromatic heterocycles. The molecule has 2 fully saturated rings. The Morgan fingerprint density at radius 1 is 1.03 bits per heavy atom. The summed E-state index contributed by atoms with van der Waals surface area (Å²) in [6, 6.07) is 13.6. The Kier molecular flexibility index (Phi) is 6.24. The number of pyridine rings is 1. The number of hydrogen-bond acceptors (Lipinski definition) is 3. The molecule has 29 heavy (non-hydrogen) atoms. The third-order valence-corrected chi connectivity index (χ3v) is 6.48. The third-order valence-electron chi connectivity index (χ3n) is 6.48.